The Morgan fingerprint density at radius 2 is 0.580 bits per heavy atom. The van der Waals surface area contributed by atoms with Gasteiger partial charge in [0.05, 0.1) is 26.4 Å². The molecule has 0 aliphatic carbocycles. The number of phosphoric ester groups is 2. The Hall–Kier alpha value is -1.94. The van der Waals surface area contributed by atoms with Crippen LogP contribution >= 0.6 is 15.6 Å². The van der Waals surface area contributed by atoms with E-state index in [0.717, 1.165) is 114 Å². The minimum absolute atomic E-state index is 0.102. The zero-order chi connectivity index (χ0) is 65.2. The lowest BCUT2D eigenvalue weighted by molar-refractivity contribution is -0.161. The molecule has 0 aliphatic rings. The number of carbonyl (C=O) groups is 4. The highest BCUT2D eigenvalue weighted by Crippen LogP contribution is 2.45. The van der Waals surface area contributed by atoms with E-state index in [0.29, 0.717) is 25.7 Å². The summed E-state index contributed by atoms with van der Waals surface area (Å²) in [5.74, 6) is 0.107. The molecule has 0 heterocycles. The molecule has 7 atom stereocenters. The molecule has 0 radical (unpaired) electrons. The van der Waals surface area contributed by atoms with E-state index in [-0.39, 0.29) is 25.7 Å². The van der Waals surface area contributed by atoms with Crippen LogP contribution in [0, 0.1) is 17.8 Å². The number of carbonyl (C=O) groups excluding carboxylic acids is 4. The Balaban J connectivity index is 5.25. The molecule has 0 aromatic heterocycles. The lowest BCUT2D eigenvalue weighted by Gasteiger charge is -2.21. The largest absolute Gasteiger partial charge is 0.472 e. The monoisotopic (exact) mass is 1300 g/mol. The summed E-state index contributed by atoms with van der Waals surface area (Å²) >= 11 is 0. The Morgan fingerprint density at radius 3 is 0.864 bits per heavy atom. The fourth-order valence-corrected chi connectivity index (χ4v) is 11.9. The summed E-state index contributed by atoms with van der Waals surface area (Å²) in [7, 11) is -9.90. The molecule has 0 aromatic rings. The van der Waals surface area contributed by atoms with Crippen molar-refractivity contribution >= 4 is 39.5 Å². The van der Waals surface area contributed by atoms with Gasteiger partial charge in [-0.05, 0) is 43.4 Å². The molecule has 0 aromatic carbocycles. The second-order valence-corrected chi connectivity index (χ2v) is 28.8. The highest BCUT2D eigenvalue weighted by molar-refractivity contribution is 7.47. The van der Waals surface area contributed by atoms with Crippen LogP contribution < -0.4 is 0 Å². The first-order chi connectivity index (χ1) is 42.3. The molecule has 0 aliphatic heterocycles. The number of rotatable bonds is 67. The predicted octanol–water partition coefficient (Wildman–Crippen LogP) is 19.5. The van der Waals surface area contributed by atoms with E-state index in [4.69, 9.17) is 37.0 Å². The number of unbranched alkanes of at least 4 members (excludes halogenated alkanes) is 33. The first kappa shape index (κ1) is 86.1. The molecule has 522 valence electrons. The SMILES string of the molecule is CCCCCCCCCCCCCCC(=O)OC[C@H](COP(=O)(O)OC[C@@H](O)COP(=O)(O)OC[C@@H](COC(=O)CCCCCCCCC(C)CC)OC(=O)CCCCCCCCC(C)CC)OC(=O)CCCCCCCCCCCCCCCC(C)C. The molecule has 17 nitrogen and oxygen atoms in total. The van der Waals surface area contributed by atoms with Crippen LogP contribution in [0.3, 0.4) is 0 Å². The van der Waals surface area contributed by atoms with Crippen molar-refractivity contribution in [3.05, 3.63) is 0 Å². The van der Waals surface area contributed by atoms with E-state index in [1.54, 1.807) is 0 Å². The van der Waals surface area contributed by atoms with E-state index in [9.17, 15) is 43.2 Å². The van der Waals surface area contributed by atoms with Gasteiger partial charge < -0.3 is 33.8 Å². The first-order valence-electron chi connectivity index (χ1n) is 35.9. The molecule has 88 heavy (non-hydrogen) atoms. The Morgan fingerprint density at radius 1 is 0.330 bits per heavy atom. The first-order valence-corrected chi connectivity index (χ1v) is 38.9. The third-order valence-corrected chi connectivity index (χ3v) is 18.5. The molecule has 0 rings (SSSR count). The van der Waals surface area contributed by atoms with Gasteiger partial charge in [-0.2, -0.15) is 0 Å². The van der Waals surface area contributed by atoms with E-state index < -0.39 is 97.5 Å². The van der Waals surface area contributed by atoms with Gasteiger partial charge in [0.15, 0.2) is 12.2 Å². The molecular weight excluding hydrogens is 1160 g/mol. The van der Waals surface area contributed by atoms with Crippen molar-refractivity contribution in [1.82, 2.24) is 0 Å². The average Bonchev–Trinajstić information content (AvgIpc) is 3.71. The summed E-state index contributed by atoms with van der Waals surface area (Å²) < 4.78 is 68.2. The van der Waals surface area contributed by atoms with Crippen molar-refractivity contribution in [3.63, 3.8) is 0 Å². The highest BCUT2D eigenvalue weighted by atomic mass is 31.2. The predicted molar refractivity (Wildman–Crippen MR) is 354 cm³/mol. The summed E-state index contributed by atoms with van der Waals surface area (Å²) in [6.07, 6.45) is 43.1. The van der Waals surface area contributed by atoms with E-state index in [1.165, 1.54) is 148 Å². The summed E-state index contributed by atoms with van der Waals surface area (Å²) in [5, 5.41) is 10.6. The second-order valence-electron chi connectivity index (χ2n) is 25.9. The molecule has 0 fully saturated rings. The van der Waals surface area contributed by atoms with Crippen molar-refractivity contribution in [2.24, 2.45) is 17.8 Å². The van der Waals surface area contributed by atoms with Gasteiger partial charge in [-0.15, -0.1) is 0 Å². The lowest BCUT2D eigenvalue weighted by Crippen LogP contribution is -2.30. The standard InChI is InChI=1S/C69H134O17P2/c1-8-11-12-13-14-15-16-21-24-27-36-43-50-66(71)79-56-64(85-68(73)52-45-38-28-25-22-19-17-18-20-23-26-33-40-47-60(4)5)58-83-87(75,76)81-54-63(70)55-82-88(77,78)84-59-65(86-69(74)53-46-39-32-30-35-42-49-62(7)10-3)57-80-67(72)51-44-37-31-29-34-41-48-61(6)9-2/h60-65,70H,8-59H2,1-7H3,(H,75,76)(H,77,78)/t61?,62?,63-,64-,65-/m1/s1. The van der Waals surface area contributed by atoms with Crippen molar-refractivity contribution in [2.45, 2.75) is 362 Å². The highest BCUT2D eigenvalue weighted by Gasteiger charge is 2.30. The van der Waals surface area contributed by atoms with Gasteiger partial charge in [0.25, 0.3) is 0 Å². The van der Waals surface area contributed by atoms with Crippen LogP contribution in [0.4, 0.5) is 0 Å². The molecule has 4 unspecified atom stereocenters. The molecule has 0 saturated carbocycles. The van der Waals surface area contributed by atoms with Gasteiger partial charge in [0, 0.05) is 25.7 Å². The third kappa shape index (κ3) is 60.3. The van der Waals surface area contributed by atoms with Crippen LogP contribution in [0.2, 0.25) is 0 Å². The van der Waals surface area contributed by atoms with Crippen LogP contribution in [0.25, 0.3) is 0 Å². The van der Waals surface area contributed by atoms with Gasteiger partial charge in [0.1, 0.15) is 19.3 Å². The van der Waals surface area contributed by atoms with Gasteiger partial charge in [0.2, 0.25) is 0 Å². The fraction of sp³-hybridized carbons (Fsp3) is 0.942. The summed E-state index contributed by atoms with van der Waals surface area (Å²) in [6.45, 7) is 11.8. The van der Waals surface area contributed by atoms with Crippen LogP contribution in [-0.4, -0.2) is 96.7 Å². The van der Waals surface area contributed by atoms with E-state index >= 15 is 0 Å². The zero-order valence-electron chi connectivity index (χ0n) is 57.2. The number of aliphatic hydroxyl groups is 1. The third-order valence-electron chi connectivity index (χ3n) is 16.6. The molecule has 3 N–H and O–H groups in total. The maximum Gasteiger partial charge on any atom is 0.472 e. The Labute approximate surface area is 537 Å². The maximum atomic E-state index is 13.0. The fourth-order valence-electron chi connectivity index (χ4n) is 10.3. The number of ether oxygens (including phenoxy) is 4. The van der Waals surface area contributed by atoms with Gasteiger partial charge >= 0.3 is 39.5 Å². The zero-order valence-corrected chi connectivity index (χ0v) is 59.0. The maximum absolute atomic E-state index is 13.0. The van der Waals surface area contributed by atoms with Gasteiger partial charge in [-0.1, -0.05) is 292 Å². The number of phosphoric acid groups is 2. The second kappa shape index (κ2) is 60.0. The number of hydrogen-bond donors (Lipinski definition) is 3. The normalized spacial score (nSPS) is 14.9. The van der Waals surface area contributed by atoms with Crippen molar-refractivity contribution in [1.29, 1.82) is 0 Å². The average molecular weight is 1300 g/mol. The summed E-state index contributed by atoms with van der Waals surface area (Å²) in [6, 6.07) is 0. The quantitative estimate of drug-likeness (QED) is 0.0222. The molecular formula is C69H134O17P2. The van der Waals surface area contributed by atoms with E-state index in [2.05, 4.69) is 48.5 Å². The summed E-state index contributed by atoms with van der Waals surface area (Å²) in [4.78, 5) is 72.5. The molecule has 0 spiro atoms. The Kier molecular flexibility index (Phi) is 58.7. The Bertz CT molecular complexity index is 1740. The minimum atomic E-state index is -4.95. The number of aliphatic hydroxyl groups excluding tert-OH is 1. The lowest BCUT2D eigenvalue weighted by atomic mass is 10.00. The smallest absolute Gasteiger partial charge is 0.462 e. The molecule has 0 amide bonds. The number of hydrogen-bond acceptors (Lipinski definition) is 15. The summed E-state index contributed by atoms with van der Waals surface area (Å²) in [5.41, 5.74) is 0. The number of esters is 4. The van der Waals surface area contributed by atoms with Crippen molar-refractivity contribution in [2.75, 3.05) is 39.6 Å². The van der Waals surface area contributed by atoms with Crippen molar-refractivity contribution in [3.8, 4) is 0 Å². The topological polar surface area (TPSA) is 237 Å². The molecule has 19 heteroatoms. The van der Waals surface area contributed by atoms with Gasteiger partial charge in [-0.25, -0.2) is 9.13 Å². The van der Waals surface area contributed by atoms with Crippen LogP contribution in [0.15, 0.2) is 0 Å². The molecule has 0 bridgehead atoms. The van der Waals surface area contributed by atoms with Crippen molar-refractivity contribution < 1.29 is 80.2 Å². The van der Waals surface area contributed by atoms with Crippen LogP contribution in [-0.2, 0) is 65.4 Å². The van der Waals surface area contributed by atoms with Crippen LogP contribution in [0.1, 0.15) is 344 Å². The van der Waals surface area contributed by atoms with E-state index in [1.807, 2.05) is 0 Å². The van der Waals surface area contributed by atoms with Crippen LogP contribution in [0.5, 0.6) is 0 Å². The van der Waals surface area contributed by atoms with Gasteiger partial charge in [-0.3, -0.25) is 37.3 Å². The minimum Gasteiger partial charge on any atom is -0.462 e. The molecule has 0 saturated heterocycles.